The van der Waals surface area contributed by atoms with Crippen LogP contribution in [-0.4, -0.2) is 35.7 Å². The van der Waals surface area contributed by atoms with E-state index in [-0.39, 0.29) is 10.7 Å². The Labute approximate surface area is 219 Å². The maximum Gasteiger partial charge on any atom is 0.270 e. The minimum absolute atomic E-state index is 0.0163. The highest BCUT2D eigenvalue weighted by Gasteiger charge is 2.36. The molecule has 0 bridgehead atoms. The molecule has 4 aromatic rings. The highest BCUT2D eigenvalue weighted by atomic mass is 32.1. The van der Waals surface area contributed by atoms with Crippen LogP contribution in [0.3, 0.4) is 0 Å². The average molecular weight is 512 g/mol. The third kappa shape index (κ3) is 4.59. The van der Waals surface area contributed by atoms with Crippen molar-refractivity contribution in [3.63, 3.8) is 0 Å². The van der Waals surface area contributed by atoms with Gasteiger partial charge in [0.25, 0.3) is 11.8 Å². The van der Waals surface area contributed by atoms with Crippen molar-refractivity contribution >= 4 is 51.8 Å². The van der Waals surface area contributed by atoms with Crippen LogP contribution in [0.2, 0.25) is 0 Å². The lowest BCUT2D eigenvalue weighted by molar-refractivity contribution is -0.122. The molecule has 1 saturated heterocycles. The molecule has 1 fully saturated rings. The molecule has 0 saturated carbocycles. The minimum Gasteiger partial charge on any atom is -0.497 e. The number of fused-ring (bicyclic) bond motifs is 1. The number of para-hydroxylation sites is 1. The summed E-state index contributed by atoms with van der Waals surface area (Å²) in [4.78, 5) is 27.9. The summed E-state index contributed by atoms with van der Waals surface area (Å²) in [5, 5.41) is 3.56. The van der Waals surface area contributed by atoms with E-state index in [0.717, 1.165) is 22.0 Å². The number of methoxy groups -OCH3 is 2. The van der Waals surface area contributed by atoms with Crippen LogP contribution in [-0.2, 0) is 16.1 Å². The molecule has 186 valence electrons. The van der Waals surface area contributed by atoms with E-state index in [2.05, 4.69) is 41.1 Å². The number of benzene rings is 3. The molecule has 2 heterocycles. The number of amides is 2. The first kappa shape index (κ1) is 24.3. The molecular weight excluding hydrogens is 486 g/mol. The Morgan fingerprint density at radius 1 is 0.973 bits per heavy atom. The summed E-state index contributed by atoms with van der Waals surface area (Å²) in [6, 6.07) is 21.3. The molecule has 7 nitrogen and oxygen atoms in total. The van der Waals surface area contributed by atoms with Gasteiger partial charge in [-0.05, 0) is 49.0 Å². The maximum absolute atomic E-state index is 13.7. The van der Waals surface area contributed by atoms with Crippen molar-refractivity contribution in [1.29, 1.82) is 0 Å². The van der Waals surface area contributed by atoms with Crippen LogP contribution >= 0.6 is 12.2 Å². The van der Waals surface area contributed by atoms with Gasteiger partial charge in [-0.3, -0.25) is 14.9 Å². The third-order valence-corrected chi connectivity index (χ3v) is 6.61. The number of aryl methyl sites for hydroxylation is 1. The molecule has 1 aliphatic rings. The SMILES string of the molecule is COc1ccc(N2C(=O)/C(=C/c3cn(Cc4ccc(C)cc4)c4ccccc34)C(=O)NC2=S)c(OC)c1. The fourth-order valence-corrected chi connectivity index (χ4v) is 4.69. The second kappa shape index (κ2) is 9.91. The topological polar surface area (TPSA) is 72.8 Å². The second-order valence-electron chi connectivity index (χ2n) is 8.71. The van der Waals surface area contributed by atoms with Crippen LogP contribution in [0.5, 0.6) is 11.5 Å². The summed E-state index contributed by atoms with van der Waals surface area (Å²) in [6.45, 7) is 2.71. The molecule has 0 unspecified atom stereocenters. The molecule has 0 spiro atoms. The number of ether oxygens (including phenoxy) is 2. The van der Waals surface area contributed by atoms with Gasteiger partial charge in [0.05, 0.1) is 19.9 Å². The first-order chi connectivity index (χ1) is 17.9. The number of hydrogen-bond acceptors (Lipinski definition) is 5. The molecule has 0 aliphatic carbocycles. The fraction of sp³-hybridized carbons (Fsp3) is 0.138. The van der Waals surface area contributed by atoms with Gasteiger partial charge in [-0.2, -0.15) is 0 Å². The normalized spacial score (nSPS) is 14.8. The summed E-state index contributed by atoms with van der Waals surface area (Å²) in [7, 11) is 3.04. The van der Waals surface area contributed by atoms with E-state index in [1.807, 2.05) is 30.5 Å². The van der Waals surface area contributed by atoms with Crippen LogP contribution in [0.4, 0.5) is 5.69 Å². The number of aromatic nitrogens is 1. The zero-order valence-electron chi connectivity index (χ0n) is 20.6. The highest BCUT2D eigenvalue weighted by Crippen LogP contribution is 2.35. The van der Waals surface area contributed by atoms with Crippen molar-refractivity contribution in [2.45, 2.75) is 13.5 Å². The van der Waals surface area contributed by atoms with Crippen molar-refractivity contribution in [2.24, 2.45) is 0 Å². The number of nitrogens with one attached hydrogen (secondary N) is 1. The van der Waals surface area contributed by atoms with Gasteiger partial charge < -0.3 is 14.0 Å². The van der Waals surface area contributed by atoms with Crippen molar-refractivity contribution in [2.75, 3.05) is 19.1 Å². The summed E-state index contributed by atoms with van der Waals surface area (Å²) >= 11 is 5.37. The molecule has 2 amide bonds. The molecular formula is C29H25N3O4S. The second-order valence-corrected chi connectivity index (χ2v) is 9.10. The molecule has 0 atom stereocenters. The van der Waals surface area contributed by atoms with Gasteiger partial charge in [0.1, 0.15) is 17.1 Å². The van der Waals surface area contributed by atoms with Crippen molar-refractivity contribution < 1.29 is 19.1 Å². The first-order valence-corrected chi connectivity index (χ1v) is 12.1. The van der Waals surface area contributed by atoms with E-state index in [1.165, 1.54) is 17.6 Å². The lowest BCUT2D eigenvalue weighted by Gasteiger charge is -2.30. The summed E-state index contributed by atoms with van der Waals surface area (Å²) < 4.78 is 12.9. The predicted molar refractivity (Wildman–Crippen MR) is 148 cm³/mol. The number of hydrogen-bond donors (Lipinski definition) is 1. The van der Waals surface area contributed by atoms with Crippen molar-refractivity contribution in [3.8, 4) is 11.5 Å². The first-order valence-electron chi connectivity index (χ1n) is 11.7. The largest absolute Gasteiger partial charge is 0.497 e. The van der Waals surface area contributed by atoms with Gasteiger partial charge in [0.2, 0.25) is 0 Å². The minimum atomic E-state index is -0.547. The number of carbonyl (C=O) groups excluding carboxylic acids is 2. The summed E-state index contributed by atoms with van der Waals surface area (Å²) in [5.74, 6) is -0.126. The number of rotatable bonds is 6. The van der Waals surface area contributed by atoms with Crippen molar-refractivity contribution in [3.05, 3.63) is 95.2 Å². The van der Waals surface area contributed by atoms with Crippen LogP contribution in [0.25, 0.3) is 17.0 Å². The molecule has 5 rings (SSSR count). The Hall–Kier alpha value is -4.43. The van der Waals surface area contributed by atoms with Gasteiger partial charge in [-0.1, -0.05) is 48.0 Å². The lowest BCUT2D eigenvalue weighted by Crippen LogP contribution is -2.54. The fourth-order valence-electron chi connectivity index (χ4n) is 4.41. The van der Waals surface area contributed by atoms with Gasteiger partial charge >= 0.3 is 0 Å². The standard InChI is InChI=1S/C29H25N3O4S/c1-18-8-10-19(11-9-18)16-31-17-20(22-6-4-5-7-24(22)31)14-23-27(33)30-29(37)32(28(23)34)25-13-12-21(35-2)15-26(25)36-3/h4-15,17H,16H2,1-3H3,(H,30,33,37)/b23-14+. The van der Waals surface area contributed by atoms with E-state index in [4.69, 9.17) is 21.7 Å². The van der Waals surface area contributed by atoms with E-state index < -0.39 is 11.8 Å². The smallest absolute Gasteiger partial charge is 0.270 e. The van der Waals surface area contributed by atoms with Gasteiger partial charge in [-0.15, -0.1) is 0 Å². The third-order valence-electron chi connectivity index (χ3n) is 6.32. The Morgan fingerprint density at radius 3 is 2.46 bits per heavy atom. The van der Waals surface area contributed by atoms with Crippen LogP contribution in [0.15, 0.2) is 78.5 Å². The monoisotopic (exact) mass is 511 g/mol. The zero-order valence-corrected chi connectivity index (χ0v) is 21.5. The molecule has 0 radical (unpaired) electrons. The quantitative estimate of drug-likeness (QED) is 0.228. The highest BCUT2D eigenvalue weighted by molar-refractivity contribution is 7.80. The van der Waals surface area contributed by atoms with Crippen molar-refractivity contribution in [1.82, 2.24) is 9.88 Å². The van der Waals surface area contributed by atoms with Crippen LogP contribution in [0.1, 0.15) is 16.7 Å². The maximum atomic E-state index is 13.7. The molecule has 1 N–H and O–H groups in total. The number of anilines is 1. The Bertz CT molecular complexity index is 1570. The molecule has 3 aromatic carbocycles. The predicted octanol–water partition coefficient (Wildman–Crippen LogP) is 4.85. The van der Waals surface area contributed by atoms with Gasteiger partial charge in [-0.25, -0.2) is 4.90 Å². The van der Waals surface area contributed by atoms with E-state index in [0.29, 0.717) is 23.7 Å². The van der Waals surface area contributed by atoms with Crippen LogP contribution < -0.4 is 19.7 Å². The Morgan fingerprint density at radius 2 is 1.73 bits per heavy atom. The summed E-state index contributed by atoms with van der Waals surface area (Å²) in [6.07, 6.45) is 3.58. The lowest BCUT2D eigenvalue weighted by atomic mass is 10.1. The van der Waals surface area contributed by atoms with Crippen LogP contribution in [0, 0.1) is 6.92 Å². The van der Waals surface area contributed by atoms with Gasteiger partial charge in [0, 0.05) is 35.3 Å². The van der Waals surface area contributed by atoms with Gasteiger partial charge in [0.15, 0.2) is 5.11 Å². The molecule has 1 aliphatic heterocycles. The van der Waals surface area contributed by atoms with E-state index >= 15 is 0 Å². The average Bonchev–Trinajstić information content (AvgIpc) is 3.25. The van der Waals surface area contributed by atoms with E-state index in [1.54, 1.807) is 31.4 Å². The Balaban J connectivity index is 1.56. The number of carbonyl (C=O) groups is 2. The van der Waals surface area contributed by atoms with E-state index in [9.17, 15) is 9.59 Å². The molecule has 37 heavy (non-hydrogen) atoms. The molecule has 1 aromatic heterocycles. The molecule has 8 heteroatoms. The number of nitrogens with zero attached hydrogens (tertiary/aromatic N) is 2. The number of thiocarbonyl (C=S) groups is 1. The Kier molecular flexibility index (Phi) is 6.50. The summed E-state index contributed by atoms with van der Waals surface area (Å²) in [5.41, 5.74) is 4.50. The zero-order chi connectivity index (χ0) is 26.1.